The SMILES string of the molecule is N#CN1C2=CC=CCN2c2ccccc21. The summed E-state index contributed by atoms with van der Waals surface area (Å²) >= 11 is 0. The minimum atomic E-state index is 0.834. The van der Waals surface area contributed by atoms with Gasteiger partial charge in [0.1, 0.15) is 5.82 Å². The molecule has 0 saturated carbocycles. The van der Waals surface area contributed by atoms with Gasteiger partial charge in [-0.1, -0.05) is 24.3 Å². The molecule has 0 aromatic heterocycles. The molecule has 3 rings (SSSR count). The zero-order valence-electron chi connectivity index (χ0n) is 8.09. The molecule has 15 heavy (non-hydrogen) atoms. The van der Waals surface area contributed by atoms with Crippen LogP contribution in [0.25, 0.3) is 0 Å². The fourth-order valence-electron chi connectivity index (χ4n) is 2.03. The van der Waals surface area contributed by atoms with E-state index in [2.05, 4.69) is 17.2 Å². The van der Waals surface area contributed by atoms with Crippen LogP contribution in [0.15, 0.2) is 48.3 Å². The highest BCUT2D eigenvalue weighted by Crippen LogP contribution is 2.41. The number of nitriles is 1. The van der Waals surface area contributed by atoms with Gasteiger partial charge in [0, 0.05) is 6.54 Å². The van der Waals surface area contributed by atoms with Crippen molar-refractivity contribution in [1.82, 2.24) is 0 Å². The molecule has 3 nitrogen and oxygen atoms in total. The lowest BCUT2D eigenvalue weighted by molar-refractivity contribution is 0.998. The van der Waals surface area contributed by atoms with Crippen LogP contribution in [-0.4, -0.2) is 6.54 Å². The number of para-hydroxylation sites is 2. The van der Waals surface area contributed by atoms with Crippen molar-refractivity contribution in [2.45, 2.75) is 0 Å². The molecule has 2 aliphatic rings. The van der Waals surface area contributed by atoms with Crippen LogP contribution < -0.4 is 9.80 Å². The minimum absolute atomic E-state index is 0.834. The zero-order valence-corrected chi connectivity index (χ0v) is 8.09. The molecule has 2 heterocycles. The number of anilines is 2. The fraction of sp³-hybridized carbons (Fsp3) is 0.0833. The average molecular weight is 195 g/mol. The number of hydrogen-bond acceptors (Lipinski definition) is 3. The van der Waals surface area contributed by atoms with Crippen LogP contribution in [0.5, 0.6) is 0 Å². The molecule has 0 atom stereocenters. The van der Waals surface area contributed by atoms with E-state index in [0.29, 0.717) is 0 Å². The molecular formula is C12H9N3. The van der Waals surface area contributed by atoms with Crippen molar-refractivity contribution in [1.29, 1.82) is 5.26 Å². The predicted octanol–water partition coefficient (Wildman–Crippen LogP) is 2.21. The van der Waals surface area contributed by atoms with Gasteiger partial charge < -0.3 is 4.90 Å². The second-order valence-corrected chi connectivity index (χ2v) is 3.49. The van der Waals surface area contributed by atoms with Crippen molar-refractivity contribution in [3.8, 4) is 6.19 Å². The molecule has 72 valence electrons. The number of nitrogens with zero attached hydrogens (tertiary/aromatic N) is 3. The van der Waals surface area contributed by atoms with Crippen molar-refractivity contribution in [3.05, 3.63) is 48.3 Å². The molecule has 0 unspecified atom stereocenters. The van der Waals surface area contributed by atoms with Gasteiger partial charge in [0.25, 0.3) is 0 Å². The van der Waals surface area contributed by atoms with Crippen LogP contribution >= 0.6 is 0 Å². The Bertz CT molecular complexity index is 508. The third-order valence-electron chi connectivity index (χ3n) is 2.69. The third kappa shape index (κ3) is 0.990. The maximum atomic E-state index is 9.14. The van der Waals surface area contributed by atoms with Gasteiger partial charge in [-0.3, -0.25) is 0 Å². The number of benzene rings is 1. The third-order valence-corrected chi connectivity index (χ3v) is 2.69. The predicted molar refractivity (Wildman–Crippen MR) is 59.1 cm³/mol. The van der Waals surface area contributed by atoms with Crippen LogP contribution in [0.3, 0.4) is 0 Å². The molecular weight excluding hydrogens is 186 g/mol. The lowest BCUT2D eigenvalue weighted by atomic mass is 10.2. The molecule has 2 aliphatic heterocycles. The molecule has 1 aromatic rings. The topological polar surface area (TPSA) is 30.3 Å². The van der Waals surface area contributed by atoms with Crippen molar-refractivity contribution < 1.29 is 0 Å². The van der Waals surface area contributed by atoms with E-state index in [0.717, 1.165) is 23.7 Å². The molecule has 1 aromatic carbocycles. The summed E-state index contributed by atoms with van der Waals surface area (Å²) < 4.78 is 0. The Morgan fingerprint density at radius 2 is 2.00 bits per heavy atom. The summed E-state index contributed by atoms with van der Waals surface area (Å²) in [6.45, 7) is 0.834. The molecule has 3 heteroatoms. The molecule has 0 saturated heterocycles. The Morgan fingerprint density at radius 1 is 1.20 bits per heavy atom. The summed E-state index contributed by atoms with van der Waals surface area (Å²) in [5.74, 6) is 0.946. The Labute approximate surface area is 88.1 Å². The Kier molecular flexibility index (Phi) is 1.57. The van der Waals surface area contributed by atoms with Gasteiger partial charge in [-0.2, -0.15) is 5.26 Å². The Morgan fingerprint density at radius 3 is 2.80 bits per heavy atom. The van der Waals surface area contributed by atoms with Crippen LogP contribution in [0.1, 0.15) is 0 Å². The summed E-state index contributed by atoms with van der Waals surface area (Å²) in [6, 6.07) is 7.96. The highest BCUT2D eigenvalue weighted by Gasteiger charge is 2.30. The maximum absolute atomic E-state index is 9.14. The van der Waals surface area contributed by atoms with E-state index >= 15 is 0 Å². The van der Waals surface area contributed by atoms with E-state index in [-0.39, 0.29) is 0 Å². The van der Waals surface area contributed by atoms with E-state index in [9.17, 15) is 0 Å². The van der Waals surface area contributed by atoms with Crippen molar-refractivity contribution in [2.75, 3.05) is 16.3 Å². The van der Waals surface area contributed by atoms with Crippen LogP contribution in [0.4, 0.5) is 11.4 Å². The largest absolute Gasteiger partial charge is 0.321 e. The van der Waals surface area contributed by atoms with Crippen LogP contribution in [0.2, 0.25) is 0 Å². The molecule has 0 fully saturated rings. The molecule has 0 N–H and O–H groups in total. The summed E-state index contributed by atoms with van der Waals surface area (Å²) in [4.78, 5) is 3.80. The number of rotatable bonds is 0. The van der Waals surface area contributed by atoms with Crippen molar-refractivity contribution in [2.24, 2.45) is 0 Å². The van der Waals surface area contributed by atoms with Crippen LogP contribution in [-0.2, 0) is 0 Å². The lowest BCUT2D eigenvalue weighted by Gasteiger charge is -2.21. The van der Waals surface area contributed by atoms with Gasteiger partial charge >= 0.3 is 0 Å². The summed E-state index contributed by atoms with van der Waals surface area (Å²) in [5, 5.41) is 9.14. The summed E-state index contributed by atoms with van der Waals surface area (Å²) in [5.41, 5.74) is 2.07. The van der Waals surface area contributed by atoms with E-state index in [1.165, 1.54) is 0 Å². The highest BCUT2D eigenvalue weighted by atomic mass is 15.4. The van der Waals surface area contributed by atoms with E-state index in [4.69, 9.17) is 5.26 Å². The van der Waals surface area contributed by atoms with E-state index < -0.39 is 0 Å². The first-order valence-corrected chi connectivity index (χ1v) is 4.85. The first-order chi connectivity index (χ1) is 7.42. The summed E-state index contributed by atoms with van der Waals surface area (Å²) in [6.07, 6.45) is 8.25. The Hall–Kier alpha value is -2.21. The number of allylic oxidation sites excluding steroid dienone is 2. The van der Waals surface area contributed by atoms with Gasteiger partial charge in [0.2, 0.25) is 0 Å². The van der Waals surface area contributed by atoms with Gasteiger partial charge in [-0.25, -0.2) is 4.90 Å². The Balaban J connectivity index is 2.22. The lowest BCUT2D eigenvalue weighted by Crippen LogP contribution is -2.26. The first kappa shape index (κ1) is 8.13. The fourth-order valence-corrected chi connectivity index (χ4v) is 2.03. The number of fused-ring (bicyclic) bond motifs is 3. The molecule has 0 spiro atoms. The molecule has 0 bridgehead atoms. The highest BCUT2D eigenvalue weighted by molar-refractivity contribution is 5.85. The van der Waals surface area contributed by atoms with Crippen molar-refractivity contribution >= 4 is 11.4 Å². The van der Waals surface area contributed by atoms with Gasteiger partial charge in [0.15, 0.2) is 6.19 Å². The zero-order chi connectivity index (χ0) is 10.3. The maximum Gasteiger partial charge on any atom is 0.190 e. The van der Waals surface area contributed by atoms with Crippen molar-refractivity contribution in [3.63, 3.8) is 0 Å². The second-order valence-electron chi connectivity index (χ2n) is 3.49. The monoisotopic (exact) mass is 195 g/mol. The molecule has 0 amide bonds. The summed E-state index contributed by atoms with van der Waals surface area (Å²) in [7, 11) is 0. The van der Waals surface area contributed by atoms with E-state index in [1.54, 1.807) is 4.90 Å². The first-order valence-electron chi connectivity index (χ1n) is 4.85. The van der Waals surface area contributed by atoms with Gasteiger partial charge in [-0.05, 0) is 18.2 Å². The van der Waals surface area contributed by atoms with E-state index in [1.807, 2.05) is 36.4 Å². The molecule has 0 radical (unpaired) electrons. The van der Waals surface area contributed by atoms with Gasteiger partial charge in [-0.15, -0.1) is 0 Å². The number of hydrogen-bond donors (Lipinski definition) is 0. The second kappa shape index (κ2) is 2.89. The normalized spacial score (nSPS) is 16.9. The average Bonchev–Trinajstić information content (AvgIpc) is 2.63. The quantitative estimate of drug-likeness (QED) is 0.594. The molecule has 0 aliphatic carbocycles. The smallest absolute Gasteiger partial charge is 0.190 e. The standard InChI is InChI=1S/C12H9N3/c13-9-15-11-6-2-1-5-10(11)14-8-4-3-7-12(14)15/h1-7H,8H2. The van der Waals surface area contributed by atoms with Gasteiger partial charge in [0.05, 0.1) is 11.4 Å². The minimum Gasteiger partial charge on any atom is -0.321 e. The van der Waals surface area contributed by atoms with Crippen LogP contribution in [0, 0.1) is 11.5 Å².